The van der Waals surface area contributed by atoms with Gasteiger partial charge in [-0.3, -0.25) is 5.84 Å². The summed E-state index contributed by atoms with van der Waals surface area (Å²) in [6, 6.07) is 11.8. The average Bonchev–Trinajstić information content (AvgIpc) is 2.70. The van der Waals surface area contributed by atoms with Crippen LogP contribution in [0.3, 0.4) is 0 Å². The molecular weight excluding hydrogens is 162 g/mol. The van der Waals surface area contributed by atoms with Crippen molar-refractivity contribution in [1.82, 2.24) is 4.57 Å². The van der Waals surface area contributed by atoms with E-state index < -0.39 is 0 Å². The number of hydrogen-bond acceptors (Lipinski definition) is 2. The molecule has 0 aliphatic heterocycles. The number of nitrogens with two attached hydrogens (primary N) is 1. The number of nitrogens with zero attached hydrogens (tertiary/aromatic N) is 1. The van der Waals surface area contributed by atoms with Gasteiger partial charge in [-0.1, -0.05) is 12.1 Å². The molecule has 1 aromatic carbocycles. The summed E-state index contributed by atoms with van der Waals surface area (Å²) in [7, 11) is 0. The summed E-state index contributed by atoms with van der Waals surface area (Å²) in [5.74, 6) is 5.39. The van der Waals surface area contributed by atoms with Crippen molar-refractivity contribution in [2.24, 2.45) is 5.84 Å². The molecule has 0 aliphatic rings. The standard InChI is InChI=1S/C10H11N3/c11-12-9-5-1-2-6-10(9)13-7-3-4-8-13/h1-8,12H,11H2. The van der Waals surface area contributed by atoms with E-state index in [1.807, 2.05) is 53.4 Å². The number of aromatic nitrogens is 1. The minimum atomic E-state index is 0.915. The molecule has 1 aromatic heterocycles. The number of hydrogen-bond donors (Lipinski definition) is 2. The highest BCUT2D eigenvalue weighted by atomic mass is 15.2. The first kappa shape index (κ1) is 7.89. The summed E-state index contributed by atoms with van der Waals surface area (Å²) in [6.45, 7) is 0. The Morgan fingerprint density at radius 2 is 1.69 bits per heavy atom. The molecule has 0 amide bonds. The van der Waals surface area contributed by atoms with Gasteiger partial charge in [0.15, 0.2) is 0 Å². The predicted molar refractivity (Wildman–Crippen MR) is 53.6 cm³/mol. The molecule has 0 aliphatic carbocycles. The van der Waals surface area contributed by atoms with Gasteiger partial charge in [-0.2, -0.15) is 0 Å². The summed E-state index contributed by atoms with van der Waals surface area (Å²) < 4.78 is 2.01. The Bertz CT molecular complexity index is 379. The number of nitrogens with one attached hydrogen (secondary N) is 1. The van der Waals surface area contributed by atoms with E-state index in [9.17, 15) is 0 Å². The molecule has 0 bridgehead atoms. The van der Waals surface area contributed by atoms with E-state index in [2.05, 4.69) is 5.43 Å². The second-order valence-corrected chi connectivity index (χ2v) is 2.75. The maximum Gasteiger partial charge on any atom is 0.0726 e. The number of anilines is 1. The lowest BCUT2D eigenvalue weighted by Crippen LogP contribution is -2.09. The molecule has 0 unspecified atom stereocenters. The van der Waals surface area contributed by atoms with E-state index in [1.165, 1.54) is 0 Å². The monoisotopic (exact) mass is 173 g/mol. The molecule has 0 radical (unpaired) electrons. The Morgan fingerprint density at radius 1 is 1.00 bits per heavy atom. The van der Waals surface area contributed by atoms with E-state index >= 15 is 0 Å². The van der Waals surface area contributed by atoms with E-state index in [0.29, 0.717) is 0 Å². The van der Waals surface area contributed by atoms with Crippen molar-refractivity contribution < 1.29 is 0 Å². The first-order valence-corrected chi connectivity index (χ1v) is 4.11. The van der Waals surface area contributed by atoms with Crippen molar-refractivity contribution in [1.29, 1.82) is 0 Å². The SMILES string of the molecule is NNc1ccccc1-n1cccc1. The third-order valence-corrected chi connectivity index (χ3v) is 1.94. The van der Waals surface area contributed by atoms with Crippen molar-refractivity contribution in [2.75, 3.05) is 5.43 Å². The third kappa shape index (κ3) is 1.41. The minimum absolute atomic E-state index is 0.915. The normalized spacial score (nSPS) is 9.92. The molecule has 13 heavy (non-hydrogen) atoms. The van der Waals surface area contributed by atoms with Gasteiger partial charge in [-0.05, 0) is 24.3 Å². The Labute approximate surface area is 76.8 Å². The first-order valence-electron chi connectivity index (χ1n) is 4.11. The fourth-order valence-electron chi connectivity index (χ4n) is 1.32. The Morgan fingerprint density at radius 3 is 2.38 bits per heavy atom. The molecule has 0 spiro atoms. The number of rotatable bonds is 2. The van der Waals surface area contributed by atoms with Crippen molar-refractivity contribution in [3.63, 3.8) is 0 Å². The maximum atomic E-state index is 5.39. The number of hydrazine groups is 1. The molecule has 0 saturated carbocycles. The van der Waals surface area contributed by atoms with E-state index in [0.717, 1.165) is 11.4 Å². The Hall–Kier alpha value is -1.74. The molecule has 0 fully saturated rings. The second kappa shape index (κ2) is 3.33. The van der Waals surface area contributed by atoms with Crippen LogP contribution < -0.4 is 11.3 Å². The van der Waals surface area contributed by atoms with Gasteiger partial charge in [-0.25, -0.2) is 0 Å². The van der Waals surface area contributed by atoms with Crippen LogP contribution in [0, 0.1) is 0 Å². The van der Waals surface area contributed by atoms with Gasteiger partial charge in [0.1, 0.15) is 0 Å². The lowest BCUT2D eigenvalue weighted by atomic mass is 10.2. The summed E-state index contributed by atoms with van der Waals surface area (Å²) in [4.78, 5) is 0. The molecular formula is C10H11N3. The van der Waals surface area contributed by atoms with Crippen molar-refractivity contribution in [3.05, 3.63) is 48.8 Å². The fraction of sp³-hybridized carbons (Fsp3) is 0. The number of nitrogen functional groups attached to an aromatic ring is 1. The highest BCUT2D eigenvalue weighted by Gasteiger charge is 1.99. The van der Waals surface area contributed by atoms with Crippen LogP contribution in [-0.2, 0) is 0 Å². The predicted octanol–water partition coefficient (Wildman–Crippen LogP) is 1.76. The fourth-order valence-corrected chi connectivity index (χ4v) is 1.32. The second-order valence-electron chi connectivity index (χ2n) is 2.75. The van der Waals surface area contributed by atoms with Crippen LogP contribution in [-0.4, -0.2) is 4.57 Å². The molecule has 0 saturated heterocycles. The summed E-state index contributed by atoms with van der Waals surface area (Å²) in [5, 5.41) is 0. The molecule has 2 rings (SSSR count). The Balaban J connectivity index is 2.51. The third-order valence-electron chi connectivity index (χ3n) is 1.94. The minimum Gasteiger partial charge on any atom is -0.322 e. The smallest absolute Gasteiger partial charge is 0.0726 e. The summed E-state index contributed by atoms with van der Waals surface area (Å²) in [6.07, 6.45) is 3.96. The quantitative estimate of drug-likeness (QED) is 0.537. The van der Waals surface area contributed by atoms with E-state index in [-0.39, 0.29) is 0 Å². The molecule has 2 aromatic rings. The summed E-state index contributed by atoms with van der Waals surface area (Å²) in [5.41, 5.74) is 4.63. The van der Waals surface area contributed by atoms with Crippen LogP contribution in [0.1, 0.15) is 0 Å². The lowest BCUT2D eigenvalue weighted by molar-refractivity contribution is 1.07. The van der Waals surface area contributed by atoms with Crippen molar-refractivity contribution in [3.8, 4) is 5.69 Å². The van der Waals surface area contributed by atoms with Crippen LogP contribution in [0.2, 0.25) is 0 Å². The average molecular weight is 173 g/mol. The van der Waals surface area contributed by atoms with Gasteiger partial charge >= 0.3 is 0 Å². The molecule has 0 atom stereocenters. The molecule has 3 N–H and O–H groups in total. The maximum absolute atomic E-state index is 5.39. The summed E-state index contributed by atoms with van der Waals surface area (Å²) >= 11 is 0. The highest BCUT2D eigenvalue weighted by Crippen LogP contribution is 2.18. The van der Waals surface area contributed by atoms with E-state index in [4.69, 9.17) is 5.84 Å². The van der Waals surface area contributed by atoms with Gasteiger partial charge in [0.25, 0.3) is 0 Å². The zero-order valence-electron chi connectivity index (χ0n) is 7.14. The van der Waals surface area contributed by atoms with Gasteiger partial charge in [0.2, 0.25) is 0 Å². The van der Waals surface area contributed by atoms with Crippen molar-refractivity contribution >= 4 is 5.69 Å². The Kier molecular flexibility index (Phi) is 2.02. The molecule has 3 heteroatoms. The van der Waals surface area contributed by atoms with Crippen LogP contribution >= 0.6 is 0 Å². The zero-order chi connectivity index (χ0) is 9.10. The van der Waals surface area contributed by atoms with Crippen LogP contribution in [0.5, 0.6) is 0 Å². The van der Waals surface area contributed by atoms with Crippen molar-refractivity contribution in [2.45, 2.75) is 0 Å². The van der Waals surface area contributed by atoms with Gasteiger partial charge in [0.05, 0.1) is 11.4 Å². The van der Waals surface area contributed by atoms with Crippen LogP contribution in [0.25, 0.3) is 5.69 Å². The molecule has 1 heterocycles. The van der Waals surface area contributed by atoms with Gasteiger partial charge in [-0.15, -0.1) is 0 Å². The van der Waals surface area contributed by atoms with Gasteiger partial charge in [0, 0.05) is 12.4 Å². The topological polar surface area (TPSA) is 43.0 Å². The first-order chi connectivity index (χ1) is 6.42. The van der Waals surface area contributed by atoms with Gasteiger partial charge < -0.3 is 9.99 Å². The molecule has 66 valence electrons. The zero-order valence-corrected chi connectivity index (χ0v) is 7.14. The largest absolute Gasteiger partial charge is 0.322 e. The number of para-hydroxylation sites is 2. The lowest BCUT2D eigenvalue weighted by Gasteiger charge is -2.08. The highest BCUT2D eigenvalue weighted by molar-refractivity contribution is 5.60. The molecule has 3 nitrogen and oxygen atoms in total. The van der Waals surface area contributed by atoms with Crippen LogP contribution in [0.15, 0.2) is 48.8 Å². The number of benzene rings is 1. The van der Waals surface area contributed by atoms with E-state index in [1.54, 1.807) is 0 Å². The van der Waals surface area contributed by atoms with Crippen LogP contribution in [0.4, 0.5) is 5.69 Å².